The van der Waals surface area contributed by atoms with Crippen molar-refractivity contribution >= 4 is 17.5 Å². The van der Waals surface area contributed by atoms with Crippen molar-refractivity contribution in [3.63, 3.8) is 0 Å². The van der Waals surface area contributed by atoms with Crippen molar-refractivity contribution in [3.8, 4) is 11.8 Å². The van der Waals surface area contributed by atoms with Gasteiger partial charge in [0.2, 0.25) is 11.2 Å². The highest BCUT2D eigenvalue weighted by Gasteiger charge is 2.08. The molecule has 0 aliphatic carbocycles. The summed E-state index contributed by atoms with van der Waals surface area (Å²) in [7, 11) is 0. The molecule has 7 heteroatoms. The highest BCUT2D eigenvalue weighted by Crippen LogP contribution is 2.21. The Balaban J connectivity index is 2.26. The first kappa shape index (κ1) is 12.5. The highest BCUT2D eigenvalue weighted by atomic mass is 35.5. The molecule has 0 unspecified atom stereocenters. The minimum absolute atomic E-state index is 0.0810. The van der Waals surface area contributed by atoms with Gasteiger partial charge >= 0.3 is 6.01 Å². The Morgan fingerprint density at radius 2 is 2.17 bits per heavy atom. The number of rotatable bonds is 4. The average Bonchev–Trinajstić information content (AvgIpc) is 2.32. The van der Waals surface area contributed by atoms with Crippen LogP contribution in [-0.4, -0.2) is 26.5 Å². The summed E-state index contributed by atoms with van der Waals surface area (Å²) in [5.74, 6) is 0.969. The van der Waals surface area contributed by atoms with Gasteiger partial charge in [-0.2, -0.15) is 15.0 Å². The van der Waals surface area contributed by atoms with Crippen LogP contribution in [0, 0.1) is 6.92 Å². The number of hydrogen-bond donors (Lipinski definition) is 1. The second kappa shape index (κ2) is 5.59. The zero-order valence-electron chi connectivity index (χ0n) is 10.0. The maximum absolute atomic E-state index is 5.79. The maximum Gasteiger partial charge on any atom is 0.328 e. The van der Waals surface area contributed by atoms with Gasteiger partial charge in [-0.05, 0) is 37.6 Å². The molecule has 18 heavy (non-hydrogen) atoms. The monoisotopic (exact) mass is 265 g/mol. The molecule has 0 saturated heterocycles. The van der Waals surface area contributed by atoms with Crippen LogP contribution in [-0.2, 0) is 0 Å². The quantitative estimate of drug-likeness (QED) is 0.915. The number of anilines is 1. The van der Waals surface area contributed by atoms with Crippen LogP contribution >= 0.6 is 11.6 Å². The lowest BCUT2D eigenvalue weighted by atomic mass is 10.3. The third-order valence-electron chi connectivity index (χ3n) is 2.08. The lowest BCUT2D eigenvalue weighted by molar-refractivity contribution is 0.435. The summed E-state index contributed by atoms with van der Waals surface area (Å²) in [4.78, 5) is 16.0. The fourth-order valence-corrected chi connectivity index (χ4v) is 1.44. The van der Waals surface area contributed by atoms with Gasteiger partial charge in [-0.1, -0.05) is 0 Å². The van der Waals surface area contributed by atoms with Gasteiger partial charge in [0, 0.05) is 12.7 Å². The van der Waals surface area contributed by atoms with Crippen molar-refractivity contribution in [2.75, 3.05) is 11.9 Å². The minimum atomic E-state index is 0.0810. The first-order valence-corrected chi connectivity index (χ1v) is 5.81. The number of ether oxygens (including phenoxy) is 1. The first-order chi connectivity index (χ1) is 8.69. The number of aromatic nitrogens is 4. The molecule has 2 aromatic rings. The molecule has 0 aliphatic rings. The first-order valence-electron chi connectivity index (χ1n) is 5.44. The van der Waals surface area contributed by atoms with E-state index >= 15 is 0 Å². The van der Waals surface area contributed by atoms with E-state index in [1.165, 1.54) is 0 Å². The fraction of sp³-hybridized carbons (Fsp3) is 0.273. The van der Waals surface area contributed by atoms with Crippen molar-refractivity contribution in [1.82, 2.24) is 19.9 Å². The summed E-state index contributed by atoms with van der Waals surface area (Å²) < 4.78 is 5.53. The second-order valence-corrected chi connectivity index (χ2v) is 3.77. The van der Waals surface area contributed by atoms with E-state index in [1.807, 2.05) is 13.8 Å². The summed E-state index contributed by atoms with van der Waals surface area (Å²) in [5.41, 5.74) is 0.749. The van der Waals surface area contributed by atoms with Crippen LogP contribution in [0.15, 0.2) is 18.3 Å². The lowest BCUT2D eigenvalue weighted by Crippen LogP contribution is -2.05. The van der Waals surface area contributed by atoms with Crippen LogP contribution in [0.25, 0.3) is 0 Å². The summed E-state index contributed by atoms with van der Waals surface area (Å²) in [6, 6.07) is 3.70. The number of aryl methyl sites for hydroxylation is 1. The van der Waals surface area contributed by atoms with Crippen molar-refractivity contribution < 1.29 is 4.74 Å². The smallest absolute Gasteiger partial charge is 0.328 e. The van der Waals surface area contributed by atoms with Crippen molar-refractivity contribution in [3.05, 3.63) is 29.3 Å². The van der Waals surface area contributed by atoms with E-state index < -0.39 is 0 Å². The highest BCUT2D eigenvalue weighted by molar-refractivity contribution is 6.28. The maximum atomic E-state index is 5.79. The van der Waals surface area contributed by atoms with Gasteiger partial charge in [-0.25, -0.2) is 0 Å². The van der Waals surface area contributed by atoms with E-state index in [2.05, 4.69) is 25.3 Å². The zero-order valence-corrected chi connectivity index (χ0v) is 10.8. The molecular weight excluding hydrogens is 254 g/mol. The normalized spacial score (nSPS) is 10.2. The molecule has 1 N–H and O–H groups in total. The van der Waals surface area contributed by atoms with Gasteiger partial charge in [-0.15, -0.1) is 0 Å². The number of nitrogens with zero attached hydrogens (tertiary/aromatic N) is 4. The van der Waals surface area contributed by atoms with Crippen LogP contribution in [0.3, 0.4) is 0 Å². The number of nitrogens with one attached hydrogen (secondary N) is 1. The van der Waals surface area contributed by atoms with Crippen molar-refractivity contribution in [2.24, 2.45) is 0 Å². The van der Waals surface area contributed by atoms with Crippen LogP contribution in [0.1, 0.15) is 12.6 Å². The molecule has 0 aliphatic heterocycles. The Kier molecular flexibility index (Phi) is 3.88. The van der Waals surface area contributed by atoms with Gasteiger partial charge in [0.05, 0.1) is 5.69 Å². The molecule has 0 bridgehead atoms. The van der Waals surface area contributed by atoms with Crippen molar-refractivity contribution in [1.29, 1.82) is 0 Å². The molecule has 0 aromatic carbocycles. The fourth-order valence-electron chi connectivity index (χ4n) is 1.29. The molecule has 2 aromatic heterocycles. The number of hydrogen-bond acceptors (Lipinski definition) is 6. The van der Waals surface area contributed by atoms with E-state index in [9.17, 15) is 0 Å². The lowest BCUT2D eigenvalue weighted by Gasteiger charge is -2.07. The van der Waals surface area contributed by atoms with Crippen molar-refractivity contribution in [2.45, 2.75) is 13.8 Å². The number of halogens is 1. The molecule has 0 spiro atoms. The average molecular weight is 266 g/mol. The minimum Gasteiger partial charge on any atom is -0.422 e. The molecule has 0 saturated carbocycles. The van der Waals surface area contributed by atoms with Gasteiger partial charge in [-0.3, -0.25) is 4.98 Å². The van der Waals surface area contributed by atoms with E-state index in [0.29, 0.717) is 18.2 Å². The van der Waals surface area contributed by atoms with Crippen LogP contribution < -0.4 is 10.1 Å². The van der Waals surface area contributed by atoms with E-state index in [-0.39, 0.29) is 11.3 Å². The Morgan fingerprint density at radius 1 is 1.33 bits per heavy atom. The van der Waals surface area contributed by atoms with Gasteiger partial charge in [0.15, 0.2) is 5.75 Å². The topological polar surface area (TPSA) is 72.8 Å². The Bertz CT molecular complexity index is 549. The summed E-state index contributed by atoms with van der Waals surface area (Å²) >= 11 is 5.79. The molecule has 94 valence electrons. The van der Waals surface area contributed by atoms with Crippen LogP contribution in [0.2, 0.25) is 5.28 Å². The van der Waals surface area contributed by atoms with E-state index in [0.717, 1.165) is 5.69 Å². The summed E-state index contributed by atoms with van der Waals surface area (Å²) in [6.07, 6.45) is 1.69. The summed E-state index contributed by atoms with van der Waals surface area (Å²) in [5, 5.41) is 3.03. The molecule has 0 atom stereocenters. The second-order valence-electron chi connectivity index (χ2n) is 3.43. The largest absolute Gasteiger partial charge is 0.422 e. The third-order valence-corrected chi connectivity index (χ3v) is 2.25. The van der Waals surface area contributed by atoms with Gasteiger partial charge < -0.3 is 10.1 Å². The molecule has 2 rings (SSSR count). The SMILES string of the molecule is CCNc1nc(Cl)nc(Oc2cccnc2C)n1. The molecule has 0 amide bonds. The zero-order chi connectivity index (χ0) is 13.0. The third kappa shape index (κ3) is 3.04. The standard InChI is InChI=1S/C11H12ClN5O/c1-3-13-10-15-9(12)16-11(17-10)18-8-5-4-6-14-7(8)2/h4-6H,3H2,1-2H3,(H,13,15,16,17). The van der Waals surface area contributed by atoms with E-state index in [1.54, 1.807) is 18.3 Å². The Labute approximate surface area is 109 Å². The van der Waals surface area contributed by atoms with Gasteiger partial charge in [0.25, 0.3) is 0 Å². The molecule has 6 nitrogen and oxygen atoms in total. The Morgan fingerprint density at radius 3 is 2.89 bits per heavy atom. The summed E-state index contributed by atoms with van der Waals surface area (Å²) in [6.45, 7) is 4.46. The van der Waals surface area contributed by atoms with Crippen LogP contribution in [0.5, 0.6) is 11.8 Å². The van der Waals surface area contributed by atoms with Crippen LogP contribution in [0.4, 0.5) is 5.95 Å². The Hall–Kier alpha value is -1.95. The van der Waals surface area contributed by atoms with E-state index in [4.69, 9.17) is 16.3 Å². The predicted octanol–water partition coefficient (Wildman–Crippen LogP) is 2.45. The molecular formula is C11H12ClN5O. The number of pyridine rings is 1. The molecule has 0 radical (unpaired) electrons. The molecule has 0 fully saturated rings. The van der Waals surface area contributed by atoms with Gasteiger partial charge in [0.1, 0.15) is 0 Å². The predicted molar refractivity (Wildman–Crippen MR) is 68.0 cm³/mol. The molecule has 2 heterocycles.